The Hall–Kier alpha value is -0.390. The molecule has 0 aliphatic heterocycles. The molecule has 0 fully saturated rings. The van der Waals surface area contributed by atoms with E-state index < -0.39 is 0 Å². The molecule has 3 N–H and O–H groups in total. The van der Waals surface area contributed by atoms with Gasteiger partial charge in [-0.05, 0) is 51.5 Å². The molecule has 0 bridgehead atoms. The average Bonchev–Trinajstić information content (AvgIpc) is 2.76. The number of hydrogen-bond donors (Lipinski definition) is 2. The lowest BCUT2D eigenvalue weighted by molar-refractivity contribution is 0.552. The second-order valence-corrected chi connectivity index (χ2v) is 6.33. The topological polar surface area (TPSA) is 38.0 Å². The summed E-state index contributed by atoms with van der Waals surface area (Å²) in [6, 6.07) is 8.04. The van der Waals surface area contributed by atoms with E-state index >= 15 is 0 Å². The third kappa shape index (κ3) is 2.95. The van der Waals surface area contributed by atoms with Crippen molar-refractivity contribution in [2.45, 2.75) is 19.4 Å². The highest BCUT2D eigenvalue weighted by Gasteiger charge is 2.16. The molecule has 0 spiro atoms. The normalized spacial score (nSPS) is 12.7. The molecule has 2 rings (SSSR count). The number of thiophene rings is 1. The smallest absolute Gasteiger partial charge is 0.0511 e. The molecule has 0 saturated heterocycles. The van der Waals surface area contributed by atoms with Crippen molar-refractivity contribution < 1.29 is 0 Å². The fourth-order valence-electron chi connectivity index (χ4n) is 1.92. The number of benzene rings is 1. The Morgan fingerprint density at radius 2 is 2.22 bits per heavy atom. The summed E-state index contributed by atoms with van der Waals surface area (Å²) in [5.74, 6) is 5.69. The molecule has 1 heterocycles. The van der Waals surface area contributed by atoms with Gasteiger partial charge in [0, 0.05) is 20.8 Å². The van der Waals surface area contributed by atoms with Crippen molar-refractivity contribution in [3.8, 4) is 0 Å². The minimum Gasteiger partial charge on any atom is -0.271 e. The Morgan fingerprint density at radius 1 is 1.44 bits per heavy atom. The van der Waals surface area contributed by atoms with Crippen molar-refractivity contribution in [3.63, 3.8) is 0 Å². The minimum atomic E-state index is 0.0682. The standard InChI is InChI=1S/C13H14BrClN2S/c1-8-9(3-2-4-11(8)15)12(17-16)7-13-10(14)5-6-18-13/h2-6,12,17H,7,16H2,1H3. The van der Waals surface area contributed by atoms with Gasteiger partial charge in [-0.25, -0.2) is 0 Å². The van der Waals surface area contributed by atoms with E-state index in [0.29, 0.717) is 0 Å². The quantitative estimate of drug-likeness (QED) is 0.643. The van der Waals surface area contributed by atoms with Gasteiger partial charge in [0.15, 0.2) is 0 Å². The van der Waals surface area contributed by atoms with Crippen LogP contribution in [0, 0.1) is 6.92 Å². The van der Waals surface area contributed by atoms with E-state index in [1.165, 1.54) is 4.88 Å². The third-order valence-corrected chi connectivity index (χ3v) is 5.32. The summed E-state index contributed by atoms with van der Waals surface area (Å²) in [4.78, 5) is 1.28. The zero-order valence-corrected chi connectivity index (χ0v) is 13.1. The summed E-state index contributed by atoms with van der Waals surface area (Å²) in [6.07, 6.45) is 0.843. The van der Waals surface area contributed by atoms with E-state index in [4.69, 9.17) is 17.4 Å². The van der Waals surface area contributed by atoms with Gasteiger partial charge in [-0.3, -0.25) is 11.3 Å². The first-order valence-corrected chi connectivity index (χ1v) is 7.61. The number of rotatable bonds is 4. The number of halogens is 2. The molecule has 1 aromatic carbocycles. The third-order valence-electron chi connectivity index (χ3n) is 2.97. The Balaban J connectivity index is 2.29. The first kappa shape index (κ1) is 14.0. The number of nitrogens with one attached hydrogen (secondary N) is 1. The summed E-state index contributed by atoms with van der Waals surface area (Å²) < 4.78 is 1.13. The maximum atomic E-state index is 6.15. The lowest BCUT2D eigenvalue weighted by Gasteiger charge is -2.18. The predicted molar refractivity (Wildman–Crippen MR) is 82.0 cm³/mol. The van der Waals surface area contributed by atoms with Gasteiger partial charge in [-0.15, -0.1) is 11.3 Å². The van der Waals surface area contributed by atoms with Crippen molar-refractivity contribution in [2.24, 2.45) is 5.84 Å². The van der Waals surface area contributed by atoms with Gasteiger partial charge >= 0.3 is 0 Å². The van der Waals surface area contributed by atoms with Crippen LogP contribution in [0.3, 0.4) is 0 Å². The Morgan fingerprint density at radius 3 is 2.83 bits per heavy atom. The second-order valence-electron chi connectivity index (χ2n) is 4.07. The van der Waals surface area contributed by atoms with Crippen LogP contribution in [0.25, 0.3) is 0 Å². The van der Waals surface area contributed by atoms with Crippen LogP contribution in [0.5, 0.6) is 0 Å². The van der Waals surface area contributed by atoms with Crippen LogP contribution in [-0.4, -0.2) is 0 Å². The monoisotopic (exact) mass is 344 g/mol. The number of nitrogens with two attached hydrogens (primary N) is 1. The van der Waals surface area contributed by atoms with Gasteiger partial charge in [0.1, 0.15) is 0 Å². The van der Waals surface area contributed by atoms with E-state index in [9.17, 15) is 0 Å². The first-order chi connectivity index (χ1) is 8.63. The van der Waals surface area contributed by atoms with Crippen LogP contribution in [0.1, 0.15) is 22.0 Å². The van der Waals surface area contributed by atoms with Gasteiger partial charge in [-0.1, -0.05) is 23.7 Å². The van der Waals surface area contributed by atoms with Crippen molar-refractivity contribution in [1.82, 2.24) is 5.43 Å². The molecule has 5 heteroatoms. The molecule has 18 heavy (non-hydrogen) atoms. The van der Waals surface area contributed by atoms with Gasteiger partial charge in [0.2, 0.25) is 0 Å². The molecular weight excluding hydrogens is 332 g/mol. The highest BCUT2D eigenvalue weighted by atomic mass is 79.9. The van der Waals surface area contributed by atoms with Crippen molar-refractivity contribution in [3.05, 3.63) is 55.1 Å². The molecular formula is C13H14BrClN2S. The lowest BCUT2D eigenvalue weighted by atomic mass is 9.98. The van der Waals surface area contributed by atoms with Gasteiger partial charge in [-0.2, -0.15) is 0 Å². The summed E-state index contributed by atoms with van der Waals surface area (Å²) in [6.45, 7) is 2.02. The fraction of sp³-hybridized carbons (Fsp3) is 0.231. The number of hydrogen-bond acceptors (Lipinski definition) is 3. The van der Waals surface area contributed by atoms with Crippen LogP contribution in [0.2, 0.25) is 5.02 Å². The van der Waals surface area contributed by atoms with Gasteiger partial charge in [0.25, 0.3) is 0 Å². The van der Waals surface area contributed by atoms with Crippen LogP contribution in [0.4, 0.5) is 0 Å². The van der Waals surface area contributed by atoms with Crippen molar-refractivity contribution in [1.29, 1.82) is 0 Å². The molecule has 0 aliphatic rings. The molecule has 2 nitrogen and oxygen atoms in total. The maximum absolute atomic E-state index is 6.15. The predicted octanol–water partition coefficient (Wildman–Crippen LogP) is 4.22. The second kappa shape index (κ2) is 6.17. The zero-order valence-electron chi connectivity index (χ0n) is 9.91. The SMILES string of the molecule is Cc1c(Cl)cccc1C(Cc1sccc1Br)NN. The molecule has 2 aromatic rings. The Labute approximate surface area is 124 Å². The van der Waals surface area contributed by atoms with Gasteiger partial charge in [0.05, 0.1) is 6.04 Å². The summed E-state index contributed by atoms with van der Waals surface area (Å²) >= 11 is 11.4. The van der Waals surface area contributed by atoms with E-state index in [1.807, 2.05) is 19.1 Å². The Bertz CT molecular complexity index is 542. The highest BCUT2D eigenvalue weighted by Crippen LogP contribution is 2.30. The van der Waals surface area contributed by atoms with E-state index in [1.54, 1.807) is 11.3 Å². The average molecular weight is 346 g/mol. The van der Waals surface area contributed by atoms with Crippen LogP contribution >= 0.6 is 38.9 Å². The van der Waals surface area contributed by atoms with Crippen LogP contribution < -0.4 is 11.3 Å². The maximum Gasteiger partial charge on any atom is 0.0511 e. The summed E-state index contributed by atoms with van der Waals surface area (Å²) in [7, 11) is 0. The molecule has 1 aromatic heterocycles. The van der Waals surface area contributed by atoms with Crippen molar-refractivity contribution >= 4 is 38.9 Å². The molecule has 0 amide bonds. The fourth-order valence-corrected chi connectivity index (χ4v) is 3.66. The molecule has 0 saturated carbocycles. The molecule has 0 radical (unpaired) electrons. The van der Waals surface area contributed by atoms with Gasteiger partial charge < -0.3 is 0 Å². The van der Waals surface area contributed by atoms with E-state index in [0.717, 1.165) is 27.0 Å². The van der Waals surface area contributed by atoms with Crippen molar-refractivity contribution in [2.75, 3.05) is 0 Å². The largest absolute Gasteiger partial charge is 0.271 e. The summed E-state index contributed by atoms with van der Waals surface area (Å²) in [5, 5.41) is 2.84. The van der Waals surface area contributed by atoms with E-state index in [2.05, 4.69) is 38.9 Å². The summed E-state index contributed by atoms with van der Waals surface area (Å²) in [5.41, 5.74) is 5.10. The zero-order chi connectivity index (χ0) is 13.1. The minimum absolute atomic E-state index is 0.0682. The Kier molecular flexibility index (Phi) is 4.81. The molecule has 1 unspecified atom stereocenters. The number of hydrazine groups is 1. The molecule has 96 valence electrons. The first-order valence-electron chi connectivity index (χ1n) is 5.56. The molecule has 0 aliphatic carbocycles. The highest BCUT2D eigenvalue weighted by molar-refractivity contribution is 9.10. The molecule has 1 atom stereocenters. The van der Waals surface area contributed by atoms with E-state index in [-0.39, 0.29) is 6.04 Å². The van der Waals surface area contributed by atoms with Crippen LogP contribution in [-0.2, 0) is 6.42 Å². The van der Waals surface area contributed by atoms with Crippen LogP contribution in [0.15, 0.2) is 34.1 Å². The lowest BCUT2D eigenvalue weighted by Crippen LogP contribution is -2.30.